The highest BCUT2D eigenvalue weighted by Gasteiger charge is 2.19. The first-order valence-corrected chi connectivity index (χ1v) is 7.84. The summed E-state index contributed by atoms with van der Waals surface area (Å²) in [5, 5.41) is 33.1. The van der Waals surface area contributed by atoms with E-state index in [1.807, 2.05) is 0 Å². The molecule has 7 nitrogen and oxygen atoms in total. The lowest BCUT2D eigenvalue weighted by molar-refractivity contribution is -0.385. The van der Waals surface area contributed by atoms with Crippen molar-refractivity contribution in [1.29, 1.82) is 5.26 Å². The Morgan fingerprint density at radius 1 is 1.36 bits per heavy atom. The summed E-state index contributed by atoms with van der Waals surface area (Å²) in [5.74, 6) is -1.37. The Morgan fingerprint density at radius 3 is 2.56 bits per heavy atom. The molecule has 0 spiro atoms. The number of nitrogens with zero attached hydrogens (tertiary/aromatic N) is 2. The normalized spacial score (nSPS) is 10.8. The van der Waals surface area contributed by atoms with Crippen LogP contribution in [0.3, 0.4) is 0 Å². The lowest BCUT2D eigenvalue weighted by atomic mass is 10.1. The van der Waals surface area contributed by atoms with Crippen molar-refractivity contribution in [2.24, 2.45) is 0 Å². The molecule has 0 aromatic heterocycles. The van der Waals surface area contributed by atoms with Crippen molar-refractivity contribution in [3.8, 4) is 11.8 Å². The summed E-state index contributed by atoms with van der Waals surface area (Å²) in [5.41, 5.74) is -0.502. The van der Waals surface area contributed by atoms with E-state index in [0.29, 0.717) is 15.2 Å². The number of nitrogens with one attached hydrogen (secondary N) is 1. The highest BCUT2D eigenvalue weighted by atomic mass is 79.9. The van der Waals surface area contributed by atoms with Crippen molar-refractivity contribution in [1.82, 2.24) is 0 Å². The zero-order valence-electron chi connectivity index (χ0n) is 12.4. The molecule has 0 fully saturated rings. The maximum atomic E-state index is 12.2. The van der Waals surface area contributed by atoms with Gasteiger partial charge in [-0.1, -0.05) is 27.5 Å². The van der Waals surface area contributed by atoms with Crippen molar-refractivity contribution in [3.63, 3.8) is 0 Å². The van der Waals surface area contributed by atoms with Crippen LogP contribution < -0.4 is 5.32 Å². The van der Waals surface area contributed by atoms with Crippen molar-refractivity contribution < 1.29 is 14.8 Å². The number of phenols is 1. The molecule has 0 unspecified atom stereocenters. The van der Waals surface area contributed by atoms with Gasteiger partial charge in [-0.05, 0) is 36.4 Å². The van der Waals surface area contributed by atoms with Gasteiger partial charge in [0.05, 0.1) is 4.92 Å². The van der Waals surface area contributed by atoms with Crippen LogP contribution in [0.2, 0.25) is 5.02 Å². The summed E-state index contributed by atoms with van der Waals surface area (Å²) >= 11 is 8.84. The SMILES string of the molecule is N#C/C(=C\c1cc(Br)cc([N+](=O)[O-])c1O)C(=O)Nc1ccc(Cl)cc1. The molecule has 9 heteroatoms. The molecule has 0 radical (unpaired) electrons. The summed E-state index contributed by atoms with van der Waals surface area (Å²) in [6, 6.07) is 10.4. The molecule has 2 aromatic rings. The highest BCUT2D eigenvalue weighted by Crippen LogP contribution is 2.34. The van der Waals surface area contributed by atoms with Gasteiger partial charge in [-0.25, -0.2) is 0 Å². The van der Waals surface area contributed by atoms with E-state index in [2.05, 4.69) is 21.2 Å². The average molecular weight is 423 g/mol. The van der Waals surface area contributed by atoms with E-state index < -0.39 is 22.3 Å². The van der Waals surface area contributed by atoms with Crippen LogP contribution in [0, 0.1) is 21.4 Å². The third kappa shape index (κ3) is 4.56. The molecule has 0 bridgehead atoms. The minimum atomic E-state index is -0.767. The Labute approximate surface area is 155 Å². The number of halogens is 2. The molecule has 2 aromatic carbocycles. The molecule has 0 heterocycles. The minimum absolute atomic E-state index is 0.0381. The van der Waals surface area contributed by atoms with Gasteiger partial charge in [0.25, 0.3) is 5.91 Å². The summed E-state index contributed by atoms with van der Waals surface area (Å²) in [6.45, 7) is 0. The average Bonchev–Trinajstić information content (AvgIpc) is 2.56. The molecule has 0 aliphatic heterocycles. The lowest BCUT2D eigenvalue weighted by Gasteiger charge is -2.06. The third-order valence-corrected chi connectivity index (χ3v) is 3.76. The molecule has 0 saturated heterocycles. The van der Waals surface area contributed by atoms with Crippen LogP contribution in [0.25, 0.3) is 6.08 Å². The Hall–Kier alpha value is -2.89. The number of nitro benzene ring substituents is 1. The van der Waals surface area contributed by atoms with Crippen LogP contribution in [-0.2, 0) is 4.79 Å². The first kappa shape index (κ1) is 18.4. The number of benzene rings is 2. The smallest absolute Gasteiger partial charge is 0.312 e. The molecule has 25 heavy (non-hydrogen) atoms. The van der Waals surface area contributed by atoms with Gasteiger partial charge in [0.2, 0.25) is 5.75 Å². The standard InChI is InChI=1S/C16H9BrClN3O4/c17-11-6-9(15(22)14(7-11)21(24)25)5-10(8-19)16(23)20-13-3-1-12(18)2-4-13/h1-7,22H,(H,20,23)/b10-5+. The largest absolute Gasteiger partial charge is 0.502 e. The van der Waals surface area contributed by atoms with E-state index in [0.717, 1.165) is 12.1 Å². The van der Waals surface area contributed by atoms with Gasteiger partial charge in [0, 0.05) is 26.8 Å². The zero-order chi connectivity index (χ0) is 18.6. The summed E-state index contributed by atoms with van der Waals surface area (Å²) < 4.78 is 0.318. The maximum absolute atomic E-state index is 12.2. The fourth-order valence-corrected chi connectivity index (χ4v) is 2.48. The van der Waals surface area contributed by atoms with Crippen LogP contribution in [0.15, 0.2) is 46.4 Å². The Kier molecular flexibility index (Phi) is 5.75. The second-order valence-corrected chi connectivity index (χ2v) is 6.10. The summed E-state index contributed by atoms with van der Waals surface area (Å²) in [6.07, 6.45) is 1.07. The van der Waals surface area contributed by atoms with Crippen molar-refractivity contribution in [2.45, 2.75) is 0 Å². The van der Waals surface area contributed by atoms with Crippen molar-refractivity contribution >= 4 is 50.9 Å². The molecule has 1 amide bonds. The number of amides is 1. The monoisotopic (exact) mass is 421 g/mol. The van der Waals surface area contributed by atoms with Gasteiger partial charge in [0.1, 0.15) is 11.6 Å². The van der Waals surface area contributed by atoms with Crippen LogP contribution >= 0.6 is 27.5 Å². The molecular formula is C16H9BrClN3O4. The second-order valence-electron chi connectivity index (χ2n) is 4.75. The third-order valence-electron chi connectivity index (χ3n) is 3.05. The van der Waals surface area contributed by atoms with Gasteiger partial charge < -0.3 is 10.4 Å². The molecular weight excluding hydrogens is 414 g/mol. The fourth-order valence-electron chi connectivity index (χ4n) is 1.89. The minimum Gasteiger partial charge on any atom is -0.502 e. The quantitative estimate of drug-likeness (QED) is 0.330. The zero-order valence-corrected chi connectivity index (χ0v) is 14.7. The molecule has 0 aliphatic carbocycles. The molecule has 2 rings (SSSR count). The lowest BCUT2D eigenvalue weighted by Crippen LogP contribution is -2.13. The molecule has 126 valence electrons. The Balaban J connectivity index is 2.37. The number of anilines is 1. The summed E-state index contributed by atoms with van der Waals surface area (Å²) in [4.78, 5) is 22.4. The van der Waals surface area contributed by atoms with E-state index in [1.54, 1.807) is 30.3 Å². The molecule has 0 saturated carbocycles. The Morgan fingerprint density at radius 2 is 2.00 bits per heavy atom. The van der Waals surface area contributed by atoms with Crippen LogP contribution in [0.5, 0.6) is 5.75 Å². The predicted molar refractivity (Wildman–Crippen MR) is 96.1 cm³/mol. The van der Waals surface area contributed by atoms with Crippen LogP contribution in [-0.4, -0.2) is 15.9 Å². The Bertz CT molecular complexity index is 920. The van der Waals surface area contributed by atoms with E-state index in [4.69, 9.17) is 11.6 Å². The van der Waals surface area contributed by atoms with Gasteiger partial charge in [-0.15, -0.1) is 0 Å². The highest BCUT2D eigenvalue weighted by molar-refractivity contribution is 9.10. The van der Waals surface area contributed by atoms with Crippen molar-refractivity contribution in [3.05, 3.63) is 67.1 Å². The number of aromatic hydroxyl groups is 1. The number of carbonyl (C=O) groups excluding carboxylic acids is 1. The molecule has 0 atom stereocenters. The van der Waals surface area contributed by atoms with Gasteiger partial charge in [0.15, 0.2) is 0 Å². The number of carbonyl (C=O) groups is 1. The van der Waals surface area contributed by atoms with E-state index in [1.165, 1.54) is 6.07 Å². The topological polar surface area (TPSA) is 116 Å². The van der Waals surface area contributed by atoms with Crippen molar-refractivity contribution in [2.75, 3.05) is 5.32 Å². The predicted octanol–water partition coefficient (Wildman–Crippen LogP) is 4.26. The van der Waals surface area contributed by atoms with E-state index in [9.17, 15) is 25.3 Å². The van der Waals surface area contributed by atoms with Gasteiger partial charge >= 0.3 is 5.69 Å². The van der Waals surface area contributed by atoms with E-state index in [-0.39, 0.29) is 11.1 Å². The summed E-state index contributed by atoms with van der Waals surface area (Å²) in [7, 11) is 0. The molecule has 0 aliphatic rings. The fraction of sp³-hybridized carbons (Fsp3) is 0. The van der Waals surface area contributed by atoms with Crippen LogP contribution in [0.1, 0.15) is 5.56 Å². The second kappa shape index (κ2) is 7.79. The van der Waals surface area contributed by atoms with Gasteiger partial charge in [-0.2, -0.15) is 5.26 Å². The van der Waals surface area contributed by atoms with Crippen LogP contribution in [0.4, 0.5) is 11.4 Å². The van der Waals surface area contributed by atoms with E-state index >= 15 is 0 Å². The number of rotatable bonds is 4. The number of nitriles is 1. The maximum Gasteiger partial charge on any atom is 0.312 e. The number of hydrogen-bond donors (Lipinski definition) is 2. The van der Waals surface area contributed by atoms with Gasteiger partial charge in [-0.3, -0.25) is 14.9 Å². The number of phenolic OH excluding ortho intramolecular Hbond substituents is 1. The first-order valence-electron chi connectivity index (χ1n) is 6.67. The first-order chi connectivity index (χ1) is 11.8. The molecule has 2 N–H and O–H groups in total. The number of nitro groups is 1. The number of hydrogen-bond acceptors (Lipinski definition) is 5.